The van der Waals surface area contributed by atoms with E-state index in [-0.39, 0.29) is 17.2 Å². The molecule has 1 aliphatic heterocycles. The molecule has 3 aromatic rings. The van der Waals surface area contributed by atoms with Gasteiger partial charge in [-0.15, -0.1) is 0 Å². The summed E-state index contributed by atoms with van der Waals surface area (Å²) >= 11 is 0. The SMILES string of the molecule is N#Cc1cc(F)cc(-c2cc(C(=O)N3CCOCC3)oc2-c2cccc(C#N)c2)c1. The highest BCUT2D eigenvalue weighted by molar-refractivity contribution is 5.95. The summed E-state index contributed by atoms with van der Waals surface area (Å²) < 4.78 is 25.3. The molecule has 2 heterocycles. The second-order valence-electron chi connectivity index (χ2n) is 6.79. The first-order chi connectivity index (χ1) is 14.6. The summed E-state index contributed by atoms with van der Waals surface area (Å²) in [6.07, 6.45) is 0. The Morgan fingerprint density at radius 2 is 1.70 bits per heavy atom. The number of nitrogens with zero attached hydrogens (tertiary/aromatic N) is 3. The molecule has 0 atom stereocenters. The van der Waals surface area contributed by atoms with Crippen molar-refractivity contribution in [3.63, 3.8) is 0 Å². The largest absolute Gasteiger partial charge is 0.450 e. The third-order valence-corrected chi connectivity index (χ3v) is 4.83. The van der Waals surface area contributed by atoms with Crippen LogP contribution < -0.4 is 0 Å². The summed E-state index contributed by atoms with van der Waals surface area (Å²) in [5.74, 6) is -0.424. The predicted octanol–water partition coefficient (Wildman–Crippen LogP) is 3.97. The van der Waals surface area contributed by atoms with Crippen LogP contribution >= 0.6 is 0 Å². The summed E-state index contributed by atoms with van der Waals surface area (Å²) in [7, 11) is 0. The van der Waals surface area contributed by atoms with E-state index in [1.54, 1.807) is 35.2 Å². The van der Waals surface area contributed by atoms with Gasteiger partial charge in [-0.3, -0.25) is 4.79 Å². The number of morpholine rings is 1. The third kappa shape index (κ3) is 3.80. The summed E-state index contributed by atoms with van der Waals surface area (Å²) in [6, 6.07) is 16.3. The smallest absolute Gasteiger partial charge is 0.289 e. The quantitative estimate of drug-likeness (QED) is 0.662. The van der Waals surface area contributed by atoms with E-state index in [0.717, 1.165) is 6.07 Å². The number of nitriles is 2. The first kappa shape index (κ1) is 19.4. The van der Waals surface area contributed by atoms with Gasteiger partial charge in [0.2, 0.25) is 0 Å². The molecule has 4 rings (SSSR count). The second-order valence-corrected chi connectivity index (χ2v) is 6.79. The third-order valence-electron chi connectivity index (χ3n) is 4.83. The van der Waals surface area contributed by atoms with Gasteiger partial charge in [-0.1, -0.05) is 12.1 Å². The van der Waals surface area contributed by atoms with Crippen LogP contribution in [-0.2, 0) is 4.74 Å². The first-order valence-electron chi connectivity index (χ1n) is 9.31. The number of hydrogen-bond acceptors (Lipinski definition) is 5. The number of carbonyl (C=O) groups is 1. The fourth-order valence-corrected chi connectivity index (χ4v) is 3.39. The Morgan fingerprint density at radius 1 is 0.967 bits per heavy atom. The molecular formula is C23H16FN3O3. The number of benzene rings is 2. The van der Waals surface area contributed by atoms with Crippen molar-refractivity contribution in [2.24, 2.45) is 0 Å². The van der Waals surface area contributed by atoms with E-state index >= 15 is 0 Å². The topological polar surface area (TPSA) is 90.3 Å². The van der Waals surface area contributed by atoms with Crippen molar-refractivity contribution < 1.29 is 18.3 Å². The van der Waals surface area contributed by atoms with E-state index in [4.69, 9.17) is 9.15 Å². The molecule has 0 spiro atoms. The lowest BCUT2D eigenvalue weighted by atomic mass is 9.99. The highest BCUT2D eigenvalue weighted by Gasteiger charge is 2.25. The maximum atomic E-state index is 14.1. The number of amides is 1. The standard InChI is InChI=1S/C23H16FN3O3/c24-19-10-16(14-26)9-18(11-19)20-12-21(23(28)27-4-6-29-7-5-27)30-22(20)17-3-1-2-15(8-17)13-25/h1-3,8-12H,4-7H2. The van der Waals surface area contributed by atoms with Gasteiger partial charge in [0.1, 0.15) is 11.6 Å². The minimum atomic E-state index is -0.567. The van der Waals surface area contributed by atoms with Gasteiger partial charge in [0.15, 0.2) is 5.76 Å². The zero-order valence-corrected chi connectivity index (χ0v) is 15.9. The predicted molar refractivity (Wildman–Crippen MR) is 106 cm³/mol. The number of rotatable bonds is 3. The van der Waals surface area contributed by atoms with Crippen LogP contribution in [0.1, 0.15) is 21.7 Å². The Hall–Kier alpha value is -3.94. The van der Waals surface area contributed by atoms with Gasteiger partial charge in [0.25, 0.3) is 5.91 Å². The summed E-state index contributed by atoms with van der Waals surface area (Å²) in [4.78, 5) is 14.6. The molecule has 1 aliphatic rings. The molecule has 1 saturated heterocycles. The molecule has 0 saturated carbocycles. The Morgan fingerprint density at radius 3 is 2.43 bits per heavy atom. The molecule has 1 aromatic heterocycles. The normalized spacial score (nSPS) is 13.5. The van der Waals surface area contributed by atoms with E-state index < -0.39 is 5.82 Å². The van der Waals surface area contributed by atoms with Gasteiger partial charge in [0, 0.05) is 24.2 Å². The van der Waals surface area contributed by atoms with E-state index in [2.05, 4.69) is 6.07 Å². The van der Waals surface area contributed by atoms with Crippen LogP contribution in [0, 0.1) is 28.5 Å². The summed E-state index contributed by atoms with van der Waals surface area (Å²) in [6.45, 7) is 1.80. The first-order valence-corrected chi connectivity index (χ1v) is 9.31. The average Bonchev–Trinajstić information content (AvgIpc) is 3.24. The number of halogens is 1. The molecule has 6 nitrogen and oxygen atoms in total. The second kappa shape index (κ2) is 8.20. The van der Waals surface area contributed by atoms with Crippen molar-refractivity contribution in [3.05, 3.63) is 71.2 Å². The van der Waals surface area contributed by atoms with Crippen LogP contribution in [-0.4, -0.2) is 37.1 Å². The van der Waals surface area contributed by atoms with Crippen LogP contribution in [0.2, 0.25) is 0 Å². The zero-order valence-electron chi connectivity index (χ0n) is 15.9. The van der Waals surface area contributed by atoms with Gasteiger partial charge >= 0.3 is 0 Å². The molecule has 1 fully saturated rings. The minimum Gasteiger partial charge on any atom is -0.450 e. The fourth-order valence-electron chi connectivity index (χ4n) is 3.39. The molecule has 30 heavy (non-hydrogen) atoms. The van der Waals surface area contributed by atoms with E-state index in [1.165, 1.54) is 12.1 Å². The summed E-state index contributed by atoms with van der Waals surface area (Å²) in [5.41, 5.74) is 2.04. The molecule has 0 unspecified atom stereocenters. The lowest BCUT2D eigenvalue weighted by Crippen LogP contribution is -2.40. The van der Waals surface area contributed by atoms with Crippen LogP contribution in [0.25, 0.3) is 22.5 Å². The number of furan rings is 1. The van der Waals surface area contributed by atoms with Crippen LogP contribution in [0.4, 0.5) is 4.39 Å². The van der Waals surface area contributed by atoms with Crippen molar-refractivity contribution in [2.45, 2.75) is 0 Å². The van der Waals surface area contributed by atoms with Crippen LogP contribution in [0.5, 0.6) is 0 Å². The van der Waals surface area contributed by atoms with Crippen molar-refractivity contribution >= 4 is 5.91 Å². The maximum absolute atomic E-state index is 14.1. The lowest BCUT2D eigenvalue weighted by molar-refractivity contribution is 0.0283. The molecule has 7 heteroatoms. The highest BCUT2D eigenvalue weighted by Crippen LogP contribution is 2.36. The Bertz CT molecular complexity index is 1200. The van der Waals surface area contributed by atoms with Crippen molar-refractivity contribution in [1.29, 1.82) is 10.5 Å². The number of carbonyl (C=O) groups excluding carboxylic acids is 1. The molecule has 0 bridgehead atoms. The van der Waals surface area contributed by atoms with Crippen LogP contribution in [0.3, 0.4) is 0 Å². The van der Waals surface area contributed by atoms with Gasteiger partial charge in [-0.25, -0.2) is 4.39 Å². The molecule has 0 aliphatic carbocycles. The highest BCUT2D eigenvalue weighted by atomic mass is 19.1. The average molecular weight is 401 g/mol. The van der Waals surface area contributed by atoms with E-state index in [1.807, 2.05) is 6.07 Å². The Balaban J connectivity index is 1.86. The van der Waals surface area contributed by atoms with Gasteiger partial charge < -0.3 is 14.1 Å². The molecular weight excluding hydrogens is 385 g/mol. The van der Waals surface area contributed by atoms with E-state index in [9.17, 15) is 19.7 Å². The molecule has 0 radical (unpaired) electrons. The lowest BCUT2D eigenvalue weighted by Gasteiger charge is -2.25. The van der Waals surface area contributed by atoms with Crippen molar-refractivity contribution in [1.82, 2.24) is 4.90 Å². The summed E-state index contributed by atoms with van der Waals surface area (Å²) in [5, 5.41) is 18.4. The Labute approximate surface area is 172 Å². The minimum absolute atomic E-state index is 0.104. The Kier molecular flexibility index (Phi) is 5.30. The van der Waals surface area contributed by atoms with Gasteiger partial charge in [0.05, 0.1) is 36.5 Å². The van der Waals surface area contributed by atoms with Crippen LogP contribution in [0.15, 0.2) is 52.9 Å². The molecule has 2 aromatic carbocycles. The number of ether oxygens (including phenoxy) is 1. The maximum Gasteiger partial charge on any atom is 0.289 e. The molecule has 1 amide bonds. The zero-order chi connectivity index (χ0) is 21.1. The molecule has 148 valence electrons. The fraction of sp³-hybridized carbons (Fsp3) is 0.174. The number of hydrogen-bond donors (Lipinski definition) is 0. The van der Waals surface area contributed by atoms with E-state index in [0.29, 0.717) is 54.3 Å². The monoisotopic (exact) mass is 401 g/mol. The van der Waals surface area contributed by atoms with Crippen molar-refractivity contribution in [3.8, 4) is 34.6 Å². The van der Waals surface area contributed by atoms with Gasteiger partial charge in [-0.2, -0.15) is 10.5 Å². The van der Waals surface area contributed by atoms with Crippen molar-refractivity contribution in [2.75, 3.05) is 26.3 Å². The molecule has 0 N–H and O–H groups in total. The van der Waals surface area contributed by atoms with Gasteiger partial charge in [-0.05, 0) is 42.0 Å².